The normalized spacial score (nSPS) is 18.9. The summed E-state index contributed by atoms with van der Waals surface area (Å²) in [7, 11) is 0. The highest BCUT2D eigenvalue weighted by Crippen LogP contribution is 2.31. The van der Waals surface area contributed by atoms with E-state index in [1.807, 2.05) is 0 Å². The molecule has 1 aromatic rings. The third-order valence-electron chi connectivity index (χ3n) is 2.75. The highest BCUT2D eigenvalue weighted by molar-refractivity contribution is 9.10. The van der Waals surface area contributed by atoms with Crippen LogP contribution < -0.4 is 4.90 Å². The van der Waals surface area contributed by atoms with Crippen molar-refractivity contribution in [3.05, 3.63) is 28.2 Å². The molecule has 1 aromatic carbocycles. The number of anilines is 1. The molecule has 17 heavy (non-hydrogen) atoms. The molecule has 1 aliphatic heterocycles. The minimum absolute atomic E-state index is 0.0254. The van der Waals surface area contributed by atoms with E-state index < -0.39 is 0 Å². The van der Waals surface area contributed by atoms with Gasteiger partial charge < -0.3 is 4.90 Å². The zero-order valence-electron chi connectivity index (χ0n) is 8.98. The predicted molar refractivity (Wildman–Crippen MR) is 68.2 cm³/mol. The van der Waals surface area contributed by atoms with E-state index in [0.717, 1.165) is 0 Å². The van der Waals surface area contributed by atoms with Gasteiger partial charge in [0.05, 0.1) is 11.3 Å². The maximum atomic E-state index is 11.8. The van der Waals surface area contributed by atoms with Crippen LogP contribution in [0.5, 0.6) is 0 Å². The number of benzene rings is 1. The van der Waals surface area contributed by atoms with Crippen molar-refractivity contribution in [1.29, 1.82) is 5.26 Å². The van der Waals surface area contributed by atoms with Crippen LogP contribution >= 0.6 is 15.9 Å². The number of terminal acetylenes is 1. The van der Waals surface area contributed by atoms with Crippen molar-refractivity contribution in [2.45, 2.75) is 6.42 Å². The molecular weight excluding hydrogens is 280 g/mol. The molecule has 1 amide bonds. The van der Waals surface area contributed by atoms with Crippen molar-refractivity contribution in [2.75, 3.05) is 11.4 Å². The Labute approximate surface area is 108 Å². The summed E-state index contributed by atoms with van der Waals surface area (Å²) in [5, 5.41) is 9.11. The maximum absolute atomic E-state index is 11.8. The fourth-order valence-corrected chi connectivity index (χ4v) is 2.34. The van der Waals surface area contributed by atoms with Gasteiger partial charge in [-0.15, -0.1) is 12.3 Å². The Kier molecular flexibility index (Phi) is 3.17. The molecule has 0 saturated carbocycles. The summed E-state index contributed by atoms with van der Waals surface area (Å²) in [6.07, 6.45) is 5.69. The van der Waals surface area contributed by atoms with Crippen LogP contribution in [0, 0.1) is 29.6 Å². The molecule has 0 spiro atoms. The molecule has 1 aliphatic rings. The molecule has 0 bridgehead atoms. The van der Waals surface area contributed by atoms with Gasteiger partial charge >= 0.3 is 0 Å². The molecule has 1 heterocycles. The summed E-state index contributed by atoms with van der Waals surface area (Å²) in [5.41, 5.74) is 1.10. The molecule has 84 valence electrons. The van der Waals surface area contributed by atoms with E-state index in [4.69, 9.17) is 11.7 Å². The largest absolute Gasteiger partial charge is 0.310 e. The second-order valence-electron chi connectivity index (χ2n) is 3.82. The van der Waals surface area contributed by atoms with Crippen LogP contribution in [-0.2, 0) is 4.79 Å². The Hall–Kier alpha value is -1.78. The van der Waals surface area contributed by atoms with Crippen molar-refractivity contribution in [1.82, 2.24) is 0 Å². The standard InChI is InChI=1S/C13H9BrN2O/c1-2-9-6-13(17)16(8-9)12-5-3-4-11(14)10(12)7-15/h1,3-5,9H,6,8H2. The second kappa shape index (κ2) is 4.61. The molecule has 1 unspecified atom stereocenters. The Morgan fingerprint density at radius 1 is 1.53 bits per heavy atom. The van der Waals surface area contributed by atoms with Crippen LogP contribution in [0.25, 0.3) is 0 Å². The van der Waals surface area contributed by atoms with Gasteiger partial charge in [0.25, 0.3) is 0 Å². The second-order valence-corrected chi connectivity index (χ2v) is 4.67. The van der Waals surface area contributed by atoms with Crippen molar-refractivity contribution in [3.63, 3.8) is 0 Å². The summed E-state index contributed by atoms with van der Waals surface area (Å²) in [5.74, 6) is 2.50. The van der Waals surface area contributed by atoms with Crippen LogP contribution in [0.4, 0.5) is 5.69 Å². The first kappa shape index (κ1) is 11.7. The lowest BCUT2D eigenvalue weighted by atomic mass is 10.1. The van der Waals surface area contributed by atoms with Crippen molar-refractivity contribution in [2.24, 2.45) is 5.92 Å². The third-order valence-corrected chi connectivity index (χ3v) is 3.42. The van der Waals surface area contributed by atoms with Crippen LogP contribution in [-0.4, -0.2) is 12.5 Å². The third kappa shape index (κ3) is 2.05. The lowest BCUT2D eigenvalue weighted by Gasteiger charge is -2.17. The number of carbonyl (C=O) groups excluding carboxylic acids is 1. The molecular formula is C13H9BrN2O. The molecule has 3 nitrogen and oxygen atoms in total. The van der Waals surface area contributed by atoms with E-state index in [1.54, 1.807) is 23.1 Å². The minimum atomic E-state index is -0.0620. The van der Waals surface area contributed by atoms with Crippen LogP contribution in [0.2, 0.25) is 0 Å². The monoisotopic (exact) mass is 288 g/mol. The zero-order chi connectivity index (χ0) is 12.4. The van der Waals surface area contributed by atoms with Gasteiger partial charge in [-0.05, 0) is 28.1 Å². The van der Waals surface area contributed by atoms with E-state index in [2.05, 4.69) is 27.9 Å². The zero-order valence-corrected chi connectivity index (χ0v) is 10.6. The number of carbonyl (C=O) groups is 1. The number of nitriles is 1. The highest BCUT2D eigenvalue weighted by Gasteiger charge is 2.31. The Morgan fingerprint density at radius 2 is 2.29 bits per heavy atom. The molecule has 1 fully saturated rings. The van der Waals surface area contributed by atoms with E-state index in [-0.39, 0.29) is 11.8 Å². The van der Waals surface area contributed by atoms with Crippen molar-refractivity contribution >= 4 is 27.5 Å². The Balaban J connectivity index is 2.43. The van der Waals surface area contributed by atoms with Gasteiger partial charge in [0.2, 0.25) is 5.91 Å². The topological polar surface area (TPSA) is 44.1 Å². The quantitative estimate of drug-likeness (QED) is 0.745. The van der Waals surface area contributed by atoms with Gasteiger partial charge in [-0.1, -0.05) is 6.07 Å². The number of rotatable bonds is 1. The number of hydrogen-bond acceptors (Lipinski definition) is 2. The van der Waals surface area contributed by atoms with Gasteiger partial charge in [0, 0.05) is 23.4 Å². The Morgan fingerprint density at radius 3 is 2.88 bits per heavy atom. The SMILES string of the molecule is C#CC1CC(=O)N(c2cccc(Br)c2C#N)C1. The van der Waals surface area contributed by atoms with Gasteiger partial charge in [-0.3, -0.25) is 4.79 Å². The smallest absolute Gasteiger partial charge is 0.228 e. The fraction of sp³-hybridized carbons (Fsp3) is 0.231. The van der Waals surface area contributed by atoms with Gasteiger partial charge in [0.1, 0.15) is 6.07 Å². The molecule has 2 rings (SSSR count). The molecule has 4 heteroatoms. The first-order valence-corrected chi connectivity index (χ1v) is 5.91. The first-order chi connectivity index (χ1) is 8.17. The van der Waals surface area contributed by atoms with Crippen LogP contribution in [0.15, 0.2) is 22.7 Å². The van der Waals surface area contributed by atoms with Crippen LogP contribution in [0.1, 0.15) is 12.0 Å². The summed E-state index contributed by atoms with van der Waals surface area (Å²) >= 11 is 3.31. The lowest BCUT2D eigenvalue weighted by molar-refractivity contribution is -0.117. The van der Waals surface area contributed by atoms with Gasteiger partial charge in [0.15, 0.2) is 0 Å². The molecule has 0 aromatic heterocycles. The molecule has 0 N–H and O–H groups in total. The average molecular weight is 289 g/mol. The Bertz CT molecular complexity index is 554. The van der Waals surface area contributed by atoms with Crippen molar-refractivity contribution in [3.8, 4) is 18.4 Å². The maximum Gasteiger partial charge on any atom is 0.228 e. The summed E-state index contributed by atoms with van der Waals surface area (Å²) in [4.78, 5) is 13.4. The predicted octanol–water partition coefficient (Wildman–Crippen LogP) is 2.31. The van der Waals surface area contributed by atoms with Crippen molar-refractivity contribution < 1.29 is 4.79 Å². The minimum Gasteiger partial charge on any atom is -0.310 e. The summed E-state index contributed by atoms with van der Waals surface area (Å²) in [6, 6.07) is 7.45. The number of hydrogen-bond donors (Lipinski definition) is 0. The molecule has 0 radical (unpaired) electrons. The first-order valence-electron chi connectivity index (χ1n) is 5.12. The van der Waals surface area contributed by atoms with E-state index >= 15 is 0 Å². The fourth-order valence-electron chi connectivity index (χ4n) is 1.90. The van der Waals surface area contributed by atoms with E-state index in [1.165, 1.54) is 0 Å². The summed E-state index contributed by atoms with van der Waals surface area (Å²) < 4.78 is 0.689. The lowest BCUT2D eigenvalue weighted by Crippen LogP contribution is -2.25. The van der Waals surface area contributed by atoms with Crippen LogP contribution in [0.3, 0.4) is 0 Å². The van der Waals surface area contributed by atoms with Gasteiger partial charge in [-0.2, -0.15) is 5.26 Å². The molecule has 1 atom stereocenters. The van der Waals surface area contributed by atoms with Gasteiger partial charge in [-0.25, -0.2) is 0 Å². The van der Waals surface area contributed by atoms with E-state index in [9.17, 15) is 4.79 Å². The average Bonchev–Trinajstić information content (AvgIpc) is 2.70. The highest BCUT2D eigenvalue weighted by atomic mass is 79.9. The number of amides is 1. The molecule has 0 aliphatic carbocycles. The number of nitrogens with zero attached hydrogens (tertiary/aromatic N) is 2. The molecule has 1 saturated heterocycles. The summed E-state index contributed by atoms with van der Waals surface area (Å²) in [6.45, 7) is 0.487. The van der Waals surface area contributed by atoms with E-state index in [0.29, 0.717) is 28.7 Å². The number of halogens is 1.